The minimum absolute atomic E-state index is 0.00852. The van der Waals surface area contributed by atoms with E-state index >= 15 is 0 Å². The number of thiazole rings is 1. The number of carbonyl (C=O) groups excluding carboxylic acids is 4. The number of aliphatic carboxylic acids is 2. The molecular formula is C34H32N8O11S2. The third kappa shape index (κ3) is 8.12. The maximum atomic E-state index is 13.4. The van der Waals surface area contributed by atoms with Crippen LogP contribution in [0.5, 0.6) is 0 Å². The number of thioether (sulfide) groups is 1. The number of carboxylic acid groups (broad SMARTS) is 2. The third-order valence-electron chi connectivity index (χ3n) is 8.37. The molecule has 1 aromatic carbocycles. The SMILES string of the molecule is CONC(=O)Cc1cn(-c2ccc(-c3cc[n+](CC4=C(C(=O)[O-])N5C(=O)[C@@H](NC(=O)/C(=N\OC(C)(C)C(=O)O)c6csc(N)n6)[C@@H]5SC4)cc3)cc2)c(=O)o1. The van der Waals surface area contributed by atoms with Gasteiger partial charge in [0.15, 0.2) is 29.8 Å². The van der Waals surface area contributed by atoms with E-state index in [1.54, 1.807) is 41.2 Å². The molecule has 0 unspecified atom stereocenters. The Balaban J connectivity index is 1.13. The summed E-state index contributed by atoms with van der Waals surface area (Å²) in [7, 11) is 1.30. The molecule has 286 valence electrons. The van der Waals surface area contributed by atoms with Gasteiger partial charge in [0.2, 0.25) is 5.60 Å². The Morgan fingerprint density at radius 3 is 2.45 bits per heavy atom. The summed E-state index contributed by atoms with van der Waals surface area (Å²) in [4.78, 5) is 89.5. The third-order valence-corrected chi connectivity index (χ3v) is 10.4. The minimum atomic E-state index is -1.80. The van der Waals surface area contributed by atoms with Crippen molar-refractivity contribution < 1.29 is 52.8 Å². The number of nitrogens with zero attached hydrogens (tertiary/aromatic N) is 5. The van der Waals surface area contributed by atoms with Crippen LogP contribution in [0.2, 0.25) is 0 Å². The Morgan fingerprint density at radius 2 is 1.84 bits per heavy atom. The fourth-order valence-electron chi connectivity index (χ4n) is 5.55. The molecule has 0 spiro atoms. The quantitative estimate of drug-likeness (QED) is 0.0535. The molecule has 5 heterocycles. The van der Waals surface area contributed by atoms with Gasteiger partial charge in [-0.1, -0.05) is 17.3 Å². The Morgan fingerprint density at radius 1 is 1.15 bits per heavy atom. The molecule has 0 bridgehead atoms. The highest BCUT2D eigenvalue weighted by molar-refractivity contribution is 8.00. The molecule has 55 heavy (non-hydrogen) atoms. The Labute approximate surface area is 319 Å². The number of oxazole rings is 1. The summed E-state index contributed by atoms with van der Waals surface area (Å²) in [6.07, 6.45) is 4.75. The van der Waals surface area contributed by atoms with Crippen LogP contribution in [0.1, 0.15) is 25.3 Å². The van der Waals surface area contributed by atoms with Crippen molar-refractivity contribution in [1.82, 2.24) is 25.2 Å². The normalized spacial score (nSPS) is 17.0. The molecule has 5 N–H and O–H groups in total. The standard InChI is InChI=1S/C34H32N8O11S2/c1-34(2,31(48)49)53-39-24(22-16-55-32(35)36-22)27(44)37-25-28(45)42-26(30(46)47)19(15-54-29(25)42)13-40-10-8-18(9-11-40)17-4-6-20(7-5-17)41-14-21(52-33(41)50)12-23(43)38-51-3/h4-11,14,16,25,29H,12-13,15H2,1-3H3,(H5-,35,36,37,38,43,44,46,47,48,49)/b39-24-/t25-,29+/m1/s1. The highest BCUT2D eigenvalue weighted by Crippen LogP contribution is 2.40. The Kier molecular flexibility index (Phi) is 10.9. The van der Waals surface area contributed by atoms with Crippen molar-refractivity contribution >= 4 is 63.6 Å². The molecule has 2 aliphatic rings. The number of nitrogens with one attached hydrogen (secondary N) is 2. The van der Waals surface area contributed by atoms with E-state index in [1.165, 1.54) is 48.9 Å². The van der Waals surface area contributed by atoms with Crippen molar-refractivity contribution in [3.63, 3.8) is 0 Å². The number of hydrogen-bond acceptors (Lipinski definition) is 15. The lowest BCUT2D eigenvalue weighted by Crippen LogP contribution is -2.71. The van der Waals surface area contributed by atoms with Gasteiger partial charge in [0, 0.05) is 28.8 Å². The molecule has 0 aliphatic carbocycles. The molecule has 2 aliphatic heterocycles. The van der Waals surface area contributed by atoms with Gasteiger partial charge >= 0.3 is 11.7 Å². The predicted molar refractivity (Wildman–Crippen MR) is 192 cm³/mol. The molecular weight excluding hydrogens is 761 g/mol. The molecule has 19 nitrogen and oxygen atoms in total. The van der Waals surface area contributed by atoms with Gasteiger partial charge in [-0.3, -0.25) is 24.1 Å². The zero-order valence-electron chi connectivity index (χ0n) is 29.2. The molecule has 1 fully saturated rings. The number of rotatable bonds is 14. The molecule has 3 aromatic heterocycles. The number of anilines is 1. The van der Waals surface area contributed by atoms with E-state index < -0.39 is 58.1 Å². The van der Waals surface area contributed by atoms with E-state index in [-0.39, 0.29) is 41.0 Å². The highest BCUT2D eigenvalue weighted by Gasteiger charge is 2.53. The Bertz CT molecular complexity index is 2290. The second kappa shape index (κ2) is 15.6. The van der Waals surface area contributed by atoms with Crippen LogP contribution in [-0.2, 0) is 46.6 Å². The number of carboxylic acids is 2. The van der Waals surface area contributed by atoms with Crippen LogP contribution in [0.25, 0.3) is 16.8 Å². The van der Waals surface area contributed by atoms with Crippen molar-refractivity contribution in [1.29, 1.82) is 0 Å². The number of carbonyl (C=O) groups is 5. The number of amides is 3. The number of pyridine rings is 1. The summed E-state index contributed by atoms with van der Waals surface area (Å²) >= 11 is 2.25. The lowest BCUT2D eigenvalue weighted by molar-refractivity contribution is -0.689. The van der Waals surface area contributed by atoms with Gasteiger partial charge in [-0.05, 0) is 37.1 Å². The number of β-lactam (4-membered cyclic amide) rings is 1. The van der Waals surface area contributed by atoms with E-state index in [1.807, 2.05) is 12.1 Å². The number of hydrogen-bond donors (Lipinski definition) is 4. The number of oxime groups is 1. The zero-order chi connectivity index (χ0) is 39.6. The van der Waals surface area contributed by atoms with Gasteiger partial charge in [-0.25, -0.2) is 29.2 Å². The maximum Gasteiger partial charge on any atom is 0.423 e. The maximum absolute atomic E-state index is 13.4. The molecule has 4 aromatic rings. The van der Waals surface area contributed by atoms with Gasteiger partial charge in [0.25, 0.3) is 17.7 Å². The van der Waals surface area contributed by atoms with Crippen molar-refractivity contribution in [2.24, 2.45) is 5.16 Å². The molecule has 21 heteroatoms. The number of aromatic nitrogens is 3. The van der Waals surface area contributed by atoms with Crippen LogP contribution in [0.4, 0.5) is 5.13 Å². The van der Waals surface area contributed by atoms with Crippen molar-refractivity contribution in [3.05, 3.63) is 93.6 Å². The molecule has 0 radical (unpaired) electrons. The fourth-order valence-corrected chi connectivity index (χ4v) is 7.43. The lowest BCUT2D eigenvalue weighted by Gasteiger charge is -2.50. The van der Waals surface area contributed by atoms with Crippen molar-refractivity contribution in [3.8, 4) is 16.8 Å². The second-order valence-corrected chi connectivity index (χ2v) is 14.6. The monoisotopic (exact) mass is 792 g/mol. The highest BCUT2D eigenvalue weighted by atomic mass is 32.2. The predicted octanol–water partition coefficient (Wildman–Crippen LogP) is -0.668. The van der Waals surface area contributed by atoms with Crippen LogP contribution in [0, 0.1) is 0 Å². The summed E-state index contributed by atoms with van der Waals surface area (Å²) in [6, 6.07) is 9.54. The molecule has 6 rings (SSSR count). The first-order valence-electron chi connectivity index (χ1n) is 16.2. The Hall–Kier alpha value is -6.32. The number of benzene rings is 1. The largest absolute Gasteiger partial charge is 0.543 e. The zero-order valence-corrected chi connectivity index (χ0v) is 30.8. The summed E-state index contributed by atoms with van der Waals surface area (Å²) in [6.45, 7) is 2.58. The minimum Gasteiger partial charge on any atom is -0.543 e. The first-order valence-corrected chi connectivity index (χ1v) is 18.1. The van der Waals surface area contributed by atoms with Crippen LogP contribution < -0.4 is 32.0 Å². The smallest absolute Gasteiger partial charge is 0.423 e. The first kappa shape index (κ1) is 38.4. The van der Waals surface area contributed by atoms with Gasteiger partial charge in [-0.2, -0.15) is 0 Å². The summed E-state index contributed by atoms with van der Waals surface area (Å²) in [5, 5.41) is 28.8. The topological polar surface area (TPSA) is 265 Å². The van der Waals surface area contributed by atoms with Gasteiger partial charge in [0.1, 0.15) is 22.9 Å². The van der Waals surface area contributed by atoms with E-state index in [0.717, 1.165) is 27.4 Å². The summed E-state index contributed by atoms with van der Waals surface area (Å²) < 4.78 is 8.18. The summed E-state index contributed by atoms with van der Waals surface area (Å²) in [5.41, 5.74) is 7.92. The molecule has 1 saturated heterocycles. The first-order chi connectivity index (χ1) is 26.2. The summed E-state index contributed by atoms with van der Waals surface area (Å²) in [5.74, 6) is -5.27. The van der Waals surface area contributed by atoms with Crippen LogP contribution in [-0.4, -0.2) is 84.8 Å². The molecule has 2 atom stereocenters. The van der Waals surface area contributed by atoms with Crippen LogP contribution >= 0.6 is 23.1 Å². The number of hydroxylamine groups is 1. The van der Waals surface area contributed by atoms with Gasteiger partial charge in [0.05, 0.1) is 37.1 Å². The number of fused-ring (bicyclic) bond motifs is 1. The number of nitrogen functional groups attached to an aromatic ring is 1. The molecule has 3 amide bonds. The van der Waals surface area contributed by atoms with Crippen LogP contribution in [0.3, 0.4) is 0 Å². The van der Waals surface area contributed by atoms with E-state index in [9.17, 15) is 39.0 Å². The second-order valence-electron chi connectivity index (χ2n) is 12.6. The van der Waals surface area contributed by atoms with Gasteiger partial charge < -0.3 is 35.3 Å². The molecule has 0 saturated carbocycles. The van der Waals surface area contributed by atoms with Crippen molar-refractivity contribution in [2.45, 2.75) is 43.8 Å². The van der Waals surface area contributed by atoms with Gasteiger partial charge in [-0.15, -0.1) is 23.1 Å². The van der Waals surface area contributed by atoms with Crippen LogP contribution in [0.15, 0.2) is 86.0 Å². The van der Waals surface area contributed by atoms with Crippen molar-refractivity contribution in [2.75, 3.05) is 18.6 Å². The van der Waals surface area contributed by atoms with E-state index in [4.69, 9.17) is 15.0 Å². The fraction of sp³-hybridized carbons (Fsp3) is 0.265. The van der Waals surface area contributed by atoms with E-state index in [0.29, 0.717) is 11.3 Å². The average molecular weight is 793 g/mol. The lowest BCUT2D eigenvalue weighted by atomic mass is 10.0. The van der Waals surface area contributed by atoms with E-state index in [2.05, 4.69) is 25.8 Å². The number of nitrogens with two attached hydrogens (primary N) is 1. The average Bonchev–Trinajstić information content (AvgIpc) is 3.74.